The Balaban J connectivity index is 1.10. The van der Waals surface area contributed by atoms with Crippen LogP contribution >= 0.6 is 0 Å². The van der Waals surface area contributed by atoms with Crippen LogP contribution in [0.15, 0.2) is 16.9 Å². The highest BCUT2D eigenvalue weighted by Crippen LogP contribution is 2.24. The summed E-state index contributed by atoms with van der Waals surface area (Å²) >= 11 is 0. The van der Waals surface area contributed by atoms with Gasteiger partial charge in [-0.05, 0) is 70.6 Å². The Hall–Kier alpha value is -2.40. The van der Waals surface area contributed by atoms with Gasteiger partial charge >= 0.3 is 0 Å². The predicted octanol–water partition coefficient (Wildman–Crippen LogP) is 2.76. The van der Waals surface area contributed by atoms with Crippen molar-refractivity contribution in [1.29, 1.82) is 0 Å². The van der Waals surface area contributed by atoms with Gasteiger partial charge in [-0.3, -0.25) is 4.79 Å². The Kier molecular flexibility index (Phi) is 9.37. The van der Waals surface area contributed by atoms with Gasteiger partial charge in [0.2, 0.25) is 0 Å². The highest BCUT2D eigenvalue weighted by atomic mass is 19.1. The summed E-state index contributed by atoms with van der Waals surface area (Å²) in [6.45, 7) is 8.20. The Labute approximate surface area is 222 Å². The molecule has 3 fully saturated rings. The Morgan fingerprint density at radius 3 is 2.39 bits per heavy atom. The van der Waals surface area contributed by atoms with E-state index < -0.39 is 11.4 Å². The number of benzene rings is 1. The summed E-state index contributed by atoms with van der Waals surface area (Å²) in [5, 5.41) is -0.0594. The van der Waals surface area contributed by atoms with E-state index in [0.717, 1.165) is 84.1 Å². The number of H-pyrrole nitrogens is 1. The molecule has 0 spiro atoms. The van der Waals surface area contributed by atoms with Crippen molar-refractivity contribution in [1.82, 2.24) is 19.8 Å². The van der Waals surface area contributed by atoms with Crippen molar-refractivity contribution < 1.29 is 23.4 Å². The number of aromatic nitrogens is 2. The standard InChI is InChI=1S/C28H39FN4O5/c29-24-15-23(16-25-27(24)28(35)31-26(30-25)19-38-22-5-13-36-14-6-22)37-18-21-3-9-33(10-4-21)12-11-32-7-1-20(17-34)2-8-32/h15-17,20-22H,1-14,18-19H2,(H,30,31,35). The normalized spacial score (nSPS) is 21.2. The number of halogens is 1. The Bertz CT molecular complexity index is 1120. The number of hydrogen-bond acceptors (Lipinski definition) is 8. The number of carbonyl (C=O) groups excluding carboxylic acids is 1. The quantitative estimate of drug-likeness (QED) is 0.469. The number of aldehydes is 1. The van der Waals surface area contributed by atoms with Crippen LogP contribution in [0.5, 0.6) is 5.75 Å². The van der Waals surface area contributed by atoms with Gasteiger partial charge in [0, 0.05) is 44.4 Å². The molecule has 4 heterocycles. The highest BCUT2D eigenvalue weighted by molar-refractivity contribution is 5.79. The van der Waals surface area contributed by atoms with Crippen molar-refractivity contribution in [3.8, 4) is 5.75 Å². The van der Waals surface area contributed by atoms with Crippen molar-refractivity contribution in [3.05, 3.63) is 34.1 Å². The van der Waals surface area contributed by atoms with E-state index in [9.17, 15) is 14.0 Å². The fourth-order valence-electron chi connectivity index (χ4n) is 5.63. The van der Waals surface area contributed by atoms with E-state index in [1.54, 1.807) is 6.07 Å². The lowest BCUT2D eigenvalue weighted by atomic mass is 9.97. The molecule has 3 aliphatic heterocycles. The van der Waals surface area contributed by atoms with Crippen LogP contribution in [0.1, 0.15) is 44.3 Å². The number of nitrogens with zero attached hydrogens (tertiary/aromatic N) is 3. The average molecular weight is 531 g/mol. The molecule has 0 atom stereocenters. The molecular weight excluding hydrogens is 491 g/mol. The van der Waals surface area contributed by atoms with E-state index in [1.807, 2.05) is 0 Å². The van der Waals surface area contributed by atoms with E-state index in [4.69, 9.17) is 14.2 Å². The minimum Gasteiger partial charge on any atom is -0.493 e. The molecule has 0 saturated carbocycles. The third kappa shape index (κ3) is 7.16. The molecule has 0 unspecified atom stereocenters. The number of ether oxygens (including phenoxy) is 3. The molecule has 0 bridgehead atoms. The summed E-state index contributed by atoms with van der Waals surface area (Å²) in [6.07, 6.45) is 6.83. The van der Waals surface area contributed by atoms with Crippen LogP contribution in [0.25, 0.3) is 10.9 Å². The summed E-state index contributed by atoms with van der Waals surface area (Å²) in [4.78, 5) is 35.5. The smallest absolute Gasteiger partial charge is 0.261 e. The Morgan fingerprint density at radius 2 is 1.71 bits per heavy atom. The maximum Gasteiger partial charge on any atom is 0.261 e. The van der Waals surface area contributed by atoms with Gasteiger partial charge in [0.25, 0.3) is 5.56 Å². The second kappa shape index (κ2) is 13.1. The number of carbonyl (C=O) groups is 1. The van der Waals surface area contributed by atoms with Gasteiger partial charge in [-0.1, -0.05) is 0 Å². The molecule has 0 radical (unpaired) electrons. The van der Waals surface area contributed by atoms with Gasteiger partial charge in [0.05, 0.1) is 18.2 Å². The summed E-state index contributed by atoms with van der Waals surface area (Å²) in [5.74, 6) is 0.795. The molecule has 38 heavy (non-hydrogen) atoms. The zero-order valence-electron chi connectivity index (χ0n) is 22.0. The van der Waals surface area contributed by atoms with Crippen LogP contribution in [-0.2, 0) is 20.9 Å². The van der Waals surface area contributed by atoms with Gasteiger partial charge in [-0.25, -0.2) is 9.37 Å². The second-order valence-electron chi connectivity index (χ2n) is 10.8. The molecule has 10 heteroatoms. The lowest BCUT2D eigenvalue weighted by Gasteiger charge is -2.35. The van der Waals surface area contributed by atoms with Crippen LogP contribution in [-0.4, -0.2) is 91.2 Å². The maximum absolute atomic E-state index is 14.8. The molecule has 1 aromatic carbocycles. The summed E-state index contributed by atoms with van der Waals surface area (Å²) < 4.78 is 32.0. The molecule has 9 nitrogen and oxygen atoms in total. The summed E-state index contributed by atoms with van der Waals surface area (Å²) in [5.41, 5.74) is -0.230. The second-order valence-corrected chi connectivity index (χ2v) is 10.8. The highest BCUT2D eigenvalue weighted by Gasteiger charge is 2.23. The van der Waals surface area contributed by atoms with E-state index in [-0.39, 0.29) is 29.5 Å². The van der Waals surface area contributed by atoms with Gasteiger partial charge in [0.15, 0.2) is 0 Å². The number of piperidine rings is 2. The number of fused-ring (bicyclic) bond motifs is 1. The third-order valence-electron chi connectivity index (χ3n) is 8.16. The van der Waals surface area contributed by atoms with E-state index >= 15 is 0 Å². The molecule has 3 aliphatic rings. The first-order chi connectivity index (χ1) is 18.6. The van der Waals surface area contributed by atoms with Crippen LogP contribution in [0.4, 0.5) is 4.39 Å². The SMILES string of the molecule is O=CC1CCN(CCN2CCC(COc3cc(F)c4c(=O)[nH]c(COC5CCOCC5)nc4c3)CC2)CC1. The zero-order valence-corrected chi connectivity index (χ0v) is 22.0. The summed E-state index contributed by atoms with van der Waals surface area (Å²) in [7, 11) is 0. The zero-order chi connectivity index (χ0) is 26.3. The van der Waals surface area contributed by atoms with Crippen LogP contribution in [0.3, 0.4) is 0 Å². The van der Waals surface area contributed by atoms with Crippen molar-refractivity contribution in [2.75, 3.05) is 59.1 Å². The predicted molar refractivity (Wildman–Crippen MR) is 141 cm³/mol. The first-order valence-electron chi connectivity index (χ1n) is 14.0. The molecule has 1 aromatic heterocycles. The van der Waals surface area contributed by atoms with Gasteiger partial charge in [-0.15, -0.1) is 0 Å². The molecule has 2 aromatic rings. The largest absolute Gasteiger partial charge is 0.493 e. The van der Waals surface area contributed by atoms with Crippen molar-refractivity contribution in [2.45, 2.75) is 51.2 Å². The Morgan fingerprint density at radius 1 is 1.03 bits per heavy atom. The first kappa shape index (κ1) is 27.2. The minimum atomic E-state index is -0.629. The van der Waals surface area contributed by atoms with E-state index in [1.165, 1.54) is 6.07 Å². The van der Waals surface area contributed by atoms with Crippen LogP contribution in [0, 0.1) is 17.7 Å². The van der Waals surface area contributed by atoms with E-state index in [0.29, 0.717) is 37.3 Å². The van der Waals surface area contributed by atoms with Gasteiger partial charge < -0.3 is 33.8 Å². The molecule has 208 valence electrons. The number of rotatable bonds is 10. The van der Waals surface area contributed by atoms with Gasteiger partial charge in [-0.2, -0.15) is 0 Å². The fourth-order valence-corrected chi connectivity index (χ4v) is 5.63. The molecule has 1 N–H and O–H groups in total. The minimum absolute atomic E-state index is 0.0594. The number of aromatic amines is 1. The molecule has 0 aliphatic carbocycles. The number of likely N-dealkylation sites (tertiary alicyclic amines) is 2. The third-order valence-corrected chi connectivity index (χ3v) is 8.16. The molecule has 5 rings (SSSR count). The topological polar surface area (TPSA) is 97.0 Å². The number of hydrogen-bond donors (Lipinski definition) is 1. The van der Waals surface area contributed by atoms with Crippen LogP contribution < -0.4 is 10.3 Å². The molecule has 3 saturated heterocycles. The lowest BCUT2D eigenvalue weighted by molar-refractivity contribution is -0.112. The van der Waals surface area contributed by atoms with Crippen molar-refractivity contribution >= 4 is 17.2 Å². The van der Waals surface area contributed by atoms with Crippen molar-refractivity contribution in [3.63, 3.8) is 0 Å². The van der Waals surface area contributed by atoms with Crippen LogP contribution in [0.2, 0.25) is 0 Å². The van der Waals surface area contributed by atoms with Crippen molar-refractivity contribution in [2.24, 2.45) is 11.8 Å². The fraction of sp³-hybridized carbons (Fsp3) is 0.679. The molecule has 0 amide bonds. The van der Waals surface area contributed by atoms with Gasteiger partial charge in [0.1, 0.15) is 35.7 Å². The monoisotopic (exact) mass is 530 g/mol. The molecular formula is C28H39FN4O5. The maximum atomic E-state index is 14.8. The summed E-state index contributed by atoms with van der Waals surface area (Å²) in [6, 6.07) is 2.93. The number of nitrogens with one attached hydrogen (secondary N) is 1. The first-order valence-corrected chi connectivity index (χ1v) is 14.0. The van der Waals surface area contributed by atoms with E-state index in [2.05, 4.69) is 19.8 Å². The average Bonchev–Trinajstić information content (AvgIpc) is 2.95. The lowest BCUT2D eigenvalue weighted by Crippen LogP contribution is -2.43.